The van der Waals surface area contributed by atoms with Crippen LogP contribution in [0.1, 0.15) is 55.5 Å². The summed E-state index contributed by atoms with van der Waals surface area (Å²) in [5, 5.41) is -0.460. The van der Waals surface area contributed by atoms with Gasteiger partial charge in [-0.1, -0.05) is 13.8 Å². The van der Waals surface area contributed by atoms with Gasteiger partial charge in [0.25, 0.3) is 0 Å². The molecule has 0 bridgehead atoms. The van der Waals surface area contributed by atoms with E-state index in [9.17, 15) is 4.79 Å². The lowest BCUT2D eigenvalue weighted by Gasteiger charge is -2.22. The highest BCUT2D eigenvalue weighted by molar-refractivity contribution is 6.33. The van der Waals surface area contributed by atoms with Crippen LogP contribution in [0.15, 0.2) is 6.07 Å². The van der Waals surface area contributed by atoms with Crippen molar-refractivity contribution in [2.75, 3.05) is 0 Å². The molecule has 1 rings (SSSR count). The van der Waals surface area contributed by atoms with Crippen molar-refractivity contribution in [2.24, 2.45) is 5.92 Å². The van der Waals surface area contributed by atoms with Gasteiger partial charge in [0.2, 0.25) is 0 Å². The molecule has 0 saturated heterocycles. The van der Waals surface area contributed by atoms with Crippen LogP contribution in [0.5, 0.6) is 0 Å². The van der Waals surface area contributed by atoms with Crippen LogP contribution < -0.4 is 0 Å². The molecular formula is C14H22ClNO. The van der Waals surface area contributed by atoms with E-state index in [1.165, 1.54) is 0 Å². The van der Waals surface area contributed by atoms with E-state index in [0.29, 0.717) is 12.0 Å². The van der Waals surface area contributed by atoms with Gasteiger partial charge in [-0.2, -0.15) is 0 Å². The Kier molecular flexibility index (Phi) is 4.42. The summed E-state index contributed by atoms with van der Waals surface area (Å²) in [5.41, 5.74) is 2.92. The Balaban J connectivity index is 3.23. The molecule has 0 aromatic carbocycles. The summed E-state index contributed by atoms with van der Waals surface area (Å²) in [6, 6.07) is 2.34. The van der Waals surface area contributed by atoms with Gasteiger partial charge in [-0.25, -0.2) is 0 Å². The highest BCUT2D eigenvalue weighted by atomic mass is 35.5. The molecule has 0 fully saturated rings. The molecule has 0 spiro atoms. The number of ketones is 1. The van der Waals surface area contributed by atoms with E-state index in [1.54, 1.807) is 6.92 Å². The molecule has 0 radical (unpaired) electrons. The molecule has 96 valence electrons. The zero-order valence-electron chi connectivity index (χ0n) is 11.5. The van der Waals surface area contributed by atoms with Crippen molar-refractivity contribution in [1.29, 1.82) is 0 Å². The van der Waals surface area contributed by atoms with Gasteiger partial charge in [0.1, 0.15) is 0 Å². The Labute approximate surface area is 109 Å². The maximum absolute atomic E-state index is 12.0. The summed E-state index contributed by atoms with van der Waals surface area (Å²) in [7, 11) is 0. The maximum atomic E-state index is 12.0. The zero-order valence-corrected chi connectivity index (χ0v) is 12.3. The topological polar surface area (TPSA) is 22.0 Å². The standard InChI is InChI=1S/C14H22ClNO/c1-8(2)11(5)16-9(3)7-13(12(16)6)14(17)10(4)15/h7-8,10-11H,1-6H3. The van der Waals surface area contributed by atoms with E-state index in [0.717, 1.165) is 17.0 Å². The number of carbonyl (C=O) groups excluding carboxylic acids is 1. The second-order valence-electron chi connectivity index (χ2n) is 5.12. The second kappa shape index (κ2) is 5.26. The van der Waals surface area contributed by atoms with Crippen LogP contribution >= 0.6 is 11.6 Å². The minimum absolute atomic E-state index is 0.0157. The van der Waals surface area contributed by atoms with Crippen molar-refractivity contribution in [1.82, 2.24) is 4.57 Å². The van der Waals surface area contributed by atoms with Gasteiger partial charge in [0.05, 0.1) is 5.38 Å². The fourth-order valence-corrected chi connectivity index (χ4v) is 2.28. The van der Waals surface area contributed by atoms with E-state index in [1.807, 2.05) is 19.9 Å². The van der Waals surface area contributed by atoms with Gasteiger partial charge in [0.15, 0.2) is 5.78 Å². The summed E-state index contributed by atoms with van der Waals surface area (Å²) in [5.74, 6) is 0.554. The molecule has 1 aromatic rings. The fraction of sp³-hybridized carbons (Fsp3) is 0.643. The number of aromatic nitrogens is 1. The summed E-state index contributed by atoms with van der Waals surface area (Å²) < 4.78 is 2.23. The summed E-state index contributed by atoms with van der Waals surface area (Å²) in [4.78, 5) is 12.0. The van der Waals surface area contributed by atoms with Crippen LogP contribution in [0.25, 0.3) is 0 Å². The molecule has 0 saturated carbocycles. The normalized spacial score (nSPS) is 15.1. The molecule has 2 unspecified atom stereocenters. The number of hydrogen-bond acceptors (Lipinski definition) is 1. The van der Waals surface area contributed by atoms with Crippen molar-refractivity contribution in [3.8, 4) is 0 Å². The van der Waals surface area contributed by atoms with Crippen LogP contribution in [0, 0.1) is 19.8 Å². The lowest BCUT2D eigenvalue weighted by Crippen LogP contribution is -2.16. The Bertz CT molecular complexity index is 418. The van der Waals surface area contributed by atoms with Gasteiger partial charge in [-0.3, -0.25) is 4.79 Å². The molecule has 2 atom stereocenters. The van der Waals surface area contributed by atoms with Crippen molar-refractivity contribution < 1.29 is 4.79 Å². The predicted molar refractivity (Wildman–Crippen MR) is 73.1 cm³/mol. The second-order valence-corrected chi connectivity index (χ2v) is 5.77. The Morgan fingerprint density at radius 2 is 1.76 bits per heavy atom. The van der Waals surface area contributed by atoms with Crippen molar-refractivity contribution >= 4 is 17.4 Å². The molecule has 17 heavy (non-hydrogen) atoms. The minimum Gasteiger partial charge on any atom is -0.345 e. The van der Waals surface area contributed by atoms with Gasteiger partial charge in [0, 0.05) is 23.0 Å². The lowest BCUT2D eigenvalue weighted by atomic mass is 10.1. The molecule has 0 N–H and O–H groups in total. The van der Waals surface area contributed by atoms with Crippen molar-refractivity contribution in [3.05, 3.63) is 23.0 Å². The SMILES string of the molecule is Cc1cc(C(=O)C(C)Cl)c(C)n1C(C)C(C)C. The van der Waals surface area contributed by atoms with E-state index in [2.05, 4.69) is 25.3 Å². The van der Waals surface area contributed by atoms with Gasteiger partial charge < -0.3 is 4.57 Å². The number of Topliss-reactive ketones (excluding diaryl/α,β-unsaturated/α-hetero) is 1. The molecule has 2 nitrogen and oxygen atoms in total. The lowest BCUT2D eigenvalue weighted by molar-refractivity contribution is 0.0991. The minimum atomic E-state index is -0.460. The molecule has 0 amide bonds. The summed E-state index contributed by atoms with van der Waals surface area (Å²) in [6.07, 6.45) is 0. The summed E-state index contributed by atoms with van der Waals surface area (Å²) >= 11 is 5.88. The Morgan fingerprint density at radius 1 is 1.24 bits per heavy atom. The average Bonchev–Trinajstić information content (AvgIpc) is 2.52. The molecule has 0 aliphatic heterocycles. The highest BCUT2D eigenvalue weighted by Crippen LogP contribution is 2.26. The van der Waals surface area contributed by atoms with E-state index in [-0.39, 0.29) is 5.78 Å². The number of rotatable bonds is 4. The number of halogens is 1. The fourth-order valence-electron chi connectivity index (χ4n) is 2.17. The number of aryl methyl sites for hydroxylation is 1. The van der Waals surface area contributed by atoms with E-state index >= 15 is 0 Å². The molecule has 3 heteroatoms. The van der Waals surface area contributed by atoms with Crippen LogP contribution in [-0.4, -0.2) is 15.7 Å². The molecule has 0 aliphatic carbocycles. The van der Waals surface area contributed by atoms with Crippen LogP contribution in [0.2, 0.25) is 0 Å². The number of carbonyl (C=O) groups is 1. The molecule has 1 aromatic heterocycles. The summed E-state index contributed by atoms with van der Waals surface area (Å²) in [6.45, 7) is 12.3. The molecule has 0 aliphatic rings. The third kappa shape index (κ3) is 2.74. The van der Waals surface area contributed by atoms with E-state index in [4.69, 9.17) is 11.6 Å². The third-order valence-electron chi connectivity index (χ3n) is 3.48. The first-order chi connectivity index (χ1) is 7.77. The smallest absolute Gasteiger partial charge is 0.182 e. The first kappa shape index (κ1) is 14.3. The average molecular weight is 256 g/mol. The highest BCUT2D eigenvalue weighted by Gasteiger charge is 2.22. The van der Waals surface area contributed by atoms with E-state index < -0.39 is 5.38 Å². The predicted octanol–water partition coefficient (Wildman–Crippen LogP) is 4.13. The van der Waals surface area contributed by atoms with Gasteiger partial charge in [-0.05, 0) is 39.7 Å². The number of nitrogens with zero attached hydrogens (tertiary/aromatic N) is 1. The number of alkyl halides is 1. The number of hydrogen-bond donors (Lipinski definition) is 0. The quantitative estimate of drug-likeness (QED) is 0.586. The largest absolute Gasteiger partial charge is 0.345 e. The third-order valence-corrected chi connectivity index (χ3v) is 3.68. The Morgan fingerprint density at radius 3 is 2.18 bits per heavy atom. The molecule has 1 heterocycles. The Hall–Kier alpha value is -0.760. The van der Waals surface area contributed by atoms with Crippen LogP contribution in [0.4, 0.5) is 0 Å². The maximum Gasteiger partial charge on any atom is 0.182 e. The van der Waals surface area contributed by atoms with Crippen molar-refractivity contribution in [3.63, 3.8) is 0 Å². The van der Waals surface area contributed by atoms with Crippen molar-refractivity contribution in [2.45, 2.75) is 53.0 Å². The monoisotopic (exact) mass is 255 g/mol. The first-order valence-corrected chi connectivity index (χ1v) is 6.57. The van der Waals surface area contributed by atoms with Gasteiger partial charge in [-0.15, -0.1) is 11.6 Å². The zero-order chi connectivity index (χ0) is 13.3. The first-order valence-electron chi connectivity index (χ1n) is 6.14. The molecular weight excluding hydrogens is 234 g/mol. The van der Waals surface area contributed by atoms with Crippen LogP contribution in [0.3, 0.4) is 0 Å². The van der Waals surface area contributed by atoms with Crippen LogP contribution in [-0.2, 0) is 0 Å². The van der Waals surface area contributed by atoms with Gasteiger partial charge >= 0.3 is 0 Å².